The van der Waals surface area contributed by atoms with Crippen LogP contribution >= 0.6 is 0 Å². The predicted molar refractivity (Wildman–Crippen MR) is 75.7 cm³/mol. The van der Waals surface area contributed by atoms with Gasteiger partial charge in [-0.1, -0.05) is 30.3 Å². The highest BCUT2D eigenvalue weighted by atomic mass is 16.5. The van der Waals surface area contributed by atoms with E-state index in [0.717, 1.165) is 5.56 Å². The highest BCUT2D eigenvalue weighted by Crippen LogP contribution is 2.25. The van der Waals surface area contributed by atoms with Crippen LogP contribution in [0.25, 0.3) is 6.08 Å². The van der Waals surface area contributed by atoms with Gasteiger partial charge in [0, 0.05) is 0 Å². The van der Waals surface area contributed by atoms with Crippen LogP contribution in [0.1, 0.15) is 18.9 Å². The molecule has 1 rings (SSSR count). The van der Waals surface area contributed by atoms with E-state index >= 15 is 0 Å². The molecule has 0 fully saturated rings. The van der Waals surface area contributed by atoms with Crippen LogP contribution in [-0.4, -0.2) is 26.2 Å². The summed E-state index contributed by atoms with van der Waals surface area (Å²) in [5.74, 6) is -1.25. The molecule has 0 aromatic heterocycles. The van der Waals surface area contributed by atoms with Crippen molar-refractivity contribution in [1.82, 2.24) is 0 Å². The molecule has 0 amide bonds. The molecule has 0 bridgehead atoms. The zero-order valence-corrected chi connectivity index (χ0v) is 11.9. The van der Waals surface area contributed by atoms with Crippen molar-refractivity contribution in [3.05, 3.63) is 47.7 Å². The van der Waals surface area contributed by atoms with E-state index in [-0.39, 0.29) is 6.42 Å². The van der Waals surface area contributed by atoms with E-state index in [1.165, 1.54) is 21.1 Å². The Morgan fingerprint density at radius 1 is 1.15 bits per heavy atom. The molecule has 106 valence electrons. The summed E-state index contributed by atoms with van der Waals surface area (Å²) >= 11 is 0. The lowest BCUT2D eigenvalue weighted by Gasteiger charge is -2.21. The van der Waals surface area contributed by atoms with Crippen molar-refractivity contribution in [3.63, 3.8) is 0 Å². The number of carbonyl (C=O) groups is 2. The third-order valence-corrected chi connectivity index (χ3v) is 2.95. The summed E-state index contributed by atoms with van der Waals surface area (Å²) in [5.41, 5.74) is 2.59. The Hall–Kier alpha value is -2.32. The van der Waals surface area contributed by atoms with Crippen LogP contribution in [0.5, 0.6) is 0 Å². The Labute approximate surface area is 118 Å². The van der Waals surface area contributed by atoms with Crippen molar-refractivity contribution in [3.8, 4) is 0 Å². The number of esters is 2. The van der Waals surface area contributed by atoms with Crippen molar-refractivity contribution in [2.75, 3.05) is 14.2 Å². The Kier molecular flexibility index (Phi) is 5.75. The minimum absolute atomic E-state index is 0.162. The molecule has 1 aromatic rings. The molecule has 0 N–H and O–H groups in total. The number of ether oxygens (including phenoxy) is 2. The summed E-state index contributed by atoms with van der Waals surface area (Å²) in [4.78, 5) is 23.4. The van der Waals surface area contributed by atoms with Crippen LogP contribution in [0.2, 0.25) is 0 Å². The molecule has 0 atom stereocenters. The number of hydrogen-bond acceptors (Lipinski definition) is 4. The topological polar surface area (TPSA) is 52.6 Å². The van der Waals surface area contributed by atoms with Crippen LogP contribution < -0.4 is 0 Å². The molecule has 0 spiro atoms. The van der Waals surface area contributed by atoms with E-state index in [1.54, 1.807) is 12.2 Å². The van der Waals surface area contributed by atoms with Gasteiger partial charge in [0.25, 0.3) is 0 Å². The first kappa shape index (κ1) is 15.7. The maximum Gasteiger partial charge on any atom is 0.323 e. The standard InChI is InChI=1S/C16H18O4/c1-16(14(17)19-2,15(18)20-3)12-8-7-11-13-9-5-4-6-10-13/h4-6,8-11H,12H2,1-3H3. The maximum absolute atomic E-state index is 11.7. The van der Waals surface area contributed by atoms with E-state index in [1.807, 2.05) is 30.3 Å². The summed E-state index contributed by atoms with van der Waals surface area (Å²) in [6.07, 6.45) is 3.56. The smallest absolute Gasteiger partial charge is 0.323 e. The second kappa shape index (κ2) is 7.31. The fraction of sp³-hybridized carbons (Fsp3) is 0.312. The molecule has 0 aliphatic carbocycles. The van der Waals surface area contributed by atoms with Gasteiger partial charge in [-0.3, -0.25) is 9.59 Å². The Balaban J connectivity index is 2.85. The molecular weight excluding hydrogens is 256 g/mol. The number of hydrogen-bond donors (Lipinski definition) is 0. The number of rotatable bonds is 5. The maximum atomic E-state index is 11.7. The van der Waals surface area contributed by atoms with E-state index in [2.05, 4.69) is 15.2 Å². The lowest BCUT2D eigenvalue weighted by atomic mass is 9.87. The monoisotopic (exact) mass is 274 g/mol. The van der Waals surface area contributed by atoms with Gasteiger partial charge in [-0.2, -0.15) is 0 Å². The normalized spacial score (nSPS) is 10.2. The van der Waals surface area contributed by atoms with Crippen LogP contribution in [0, 0.1) is 5.41 Å². The highest BCUT2D eigenvalue weighted by Gasteiger charge is 2.42. The minimum atomic E-state index is -1.35. The van der Waals surface area contributed by atoms with E-state index < -0.39 is 17.4 Å². The SMILES string of the molecule is COC(=O)C(C)(CC=C=Cc1ccccc1)C(=O)OC. The number of allylic oxidation sites excluding steroid dienone is 1. The van der Waals surface area contributed by atoms with Gasteiger partial charge in [-0.15, -0.1) is 5.73 Å². The zero-order chi connectivity index (χ0) is 15.0. The second-order valence-corrected chi connectivity index (χ2v) is 4.45. The fourth-order valence-corrected chi connectivity index (χ4v) is 1.67. The number of methoxy groups -OCH3 is 2. The average Bonchev–Trinajstić information content (AvgIpc) is 2.50. The van der Waals surface area contributed by atoms with Crippen LogP contribution in [0.3, 0.4) is 0 Å². The third kappa shape index (κ3) is 3.84. The molecule has 1 aromatic carbocycles. The molecule has 0 aliphatic rings. The molecule has 20 heavy (non-hydrogen) atoms. The highest BCUT2D eigenvalue weighted by molar-refractivity contribution is 5.99. The molecule has 0 heterocycles. The Morgan fingerprint density at radius 3 is 2.20 bits per heavy atom. The lowest BCUT2D eigenvalue weighted by Crippen LogP contribution is -2.38. The third-order valence-electron chi connectivity index (χ3n) is 2.95. The molecule has 4 nitrogen and oxygen atoms in total. The zero-order valence-electron chi connectivity index (χ0n) is 11.9. The van der Waals surface area contributed by atoms with Crippen LogP contribution in [-0.2, 0) is 19.1 Å². The van der Waals surface area contributed by atoms with E-state index in [0.29, 0.717) is 0 Å². The van der Waals surface area contributed by atoms with Gasteiger partial charge in [-0.05, 0) is 31.1 Å². The van der Waals surface area contributed by atoms with Crippen LogP contribution in [0.4, 0.5) is 0 Å². The molecular formula is C16H18O4. The fourth-order valence-electron chi connectivity index (χ4n) is 1.67. The van der Waals surface area contributed by atoms with Crippen molar-refractivity contribution in [1.29, 1.82) is 0 Å². The van der Waals surface area contributed by atoms with Gasteiger partial charge in [0.2, 0.25) is 0 Å². The molecule has 0 saturated heterocycles. The molecule has 0 aliphatic heterocycles. The first-order chi connectivity index (χ1) is 9.54. The molecule has 0 saturated carbocycles. The lowest BCUT2D eigenvalue weighted by molar-refractivity contribution is -0.167. The Morgan fingerprint density at radius 2 is 1.70 bits per heavy atom. The summed E-state index contributed by atoms with van der Waals surface area (Å²) in [6, 6.07) is 9.62. The number of benzene rings is 1. The largest absolute Gasteiger partial charge is 0.468 e. The molecule has 0 unspecified atom stereocenters. The summed E-state index contributed by atoms with van der Waals surface area (Å²) in [7, 11) is 2.49. The van der Waals surface area contributed by atoms with Gasteiger partial charge < -0.3 is 9.47 Å². The first-order valence-electron chi connectivity index (χ1n) is 6.17. The molecule has 0 radical (unpaired) electrons. The summed E-state index contributed by atoms with van der Waals surface area (Å²) < 4.78 is 9.31. The van der Waals surface area contributed by atoms with Crippen molar-refractivity contribution < 1.29 is 19.1 Å². The van der Waals surface area contributed by atoms with Crippen LogP contribution in [0.15, 0.2) is 42.1 Å². The number of carbonyl (C=O) groups excluding carboxylic acids is 2. The van der Waals surface area contributed by atoms with Crippen molar-refractivity contribution >= 4 is 18.0 Å². The first-order valence-corrected chi connectivity index (χ1v) is 6.17. The van der Waals surface area contributed by atoms with Gasteiger partial charge in [0.05, 0.1) is 14.2 Å². The van der Waals surface area contributed by atoms with E-state index in [9.17, 15) is 9.59 Å². The van der Waals surface area contributed by atoms with Gasteiger partial charge in [-0.25, -0.2) is 0 Å². The van der Waals surface area contributed by atoms with Gasteiger partial charge in [0.15, 0.2) is 5.41 Å². The average molecular weight is 274 g/mol. The predicted octanol–water partition coefficient (Wildman–Crippen LogP) is 2.60. The Bertz CT molecular complexity index is 509. The van der Waals surface area contributed by atoms with Crippen molar-refractivity contribution in [2.24, 2.45) is 5.41 Å². The van der Waals surface area contributed by atoms with Gasteiger partial charge >= 0.3 is 11.9 Å². The quantitative estimate of drug-likeness (QED) is 0.470. The minimum Gasteiger partial charge on any atom is -0.468 e. The van der Waals surface area contributed by atoms with E-state index in [4.69, 9.17) is 0 Å². The molecule has 4 heteroatoms. The van der Waals surface area contributed by atoms with Crippen molar-refractivity contribution in [2.45, 2.75) is 13.3 Å². The summed E-state index contributed by atoms with van der Waals surface area (Å²) in [5, 5.41) is 0. The second-order valence-electron chi connectivity index (χ2n) is 4.45. The summed E-state index contributed by atoms with van der Waals surface area (Å²) in [6.45, 7) is 1.49. The van der Waals surface area contributed by atoms with Gasteiger partial charge in [0.1, 0.15) is 0 Å².